The van der Waals surface area contributed by atoms with Gasteiger partial charge in [0.2, 0.25) is 0 Å². The summed E-state index contributed by atoms with van der Waals surface area (Å²) in [5.41, 5.74) is 10.0. The largest absolute Gasteiger partial charge is 0.309 e. The van der Waals surface area contributed by atoms with Crippen LogP contribution in [0.1, 0.15) is 54.4 Å². The van der Waals surface area contributed by atoms with E-state index < -0.39 is 0 Å². The Labute approximate surface area is 311 Å². The number of hydrogen-bond acceptors (Lipinski definition) is 1. The van der Waals surface area contributed by atoms with Crippen molar-refractivity contribution in [2.45, 2.75) is 39.0 Å². The Balaban J connectivity index is 1.11. The molecule has 1 aliphatic rings. The van der Waals surface area contributed by atoms with Crippen LogP contribution in [0.3, 0.4) is 0 Å². The van der Waals surface area contributed by atoms with E-state index in [-0.39, 0.29) is 0 Å². The topological polar surface area (TPSA) is 3.24 Å². The average Bonchev–Trinajstić information content (AvgIpc) is 3.21. The van der Waals surface area contributed by atoms with Crippen LogP contribution in [0.15, 0.2) is 157 Å². The van der Waals surface area contributed by atoms with Crippen LogP contribution in [0, 0.1) is 6.92 Å². The lowest BCUT2D eigenvalue weighted by Crippen LogP contribution is -2.11. The molecule has 0 aliphatic heterocycles. The number of aryl methyl sites for hydroxylation is 1. The van der Waals surface area contributed by atoms with Gasteiger partial charge in [0.05, 0.1) is 5.69 Å². The van der Waals surface area contributed by atoms with Gasteiger partial charge in [-0.1, -0.05) is 163 Å². The summed E-state index contributed by atoms with van der Waals surface area (Å²) in [6, 6.07) is 56.4. The molecule has 9 aromatic carbocycles. The van der Waals surface area contributed by atoms with Crippen LogP contribution in [0.5, 0.6) is 0 Å². The van der Waals surface area contributed by atoms with Gasteiger partial charge in [0.25, 0.3) is 0 Å². The number of benzene rings is 9. The summed E-state index contributed by atoms with van der Waals surface area (Å²) in [5.74, 6) is 0. The highest BCUT2D eigenvalue weighted by Crippen LogP contribution is 2.50. The molecule has 0 spiro atoms. The van der Waals surface area contributed by atoms with Crippen LogP contribution in [0.25, 0.3) is 72.1 Å². The van der Waals surface area contributed by atoms with Crippen LogP contribution < -0.4 is 4.90 Å². The summed E-state index contributed by atoms with van der Waals surface area (Å²) in [6.07, 6.45) is 13.4. The molecule has 9 aromatic rings. The second-order valence-corrected chi connectivity index (χ2v) is 14.8. The standard InChI is InChI=1S/C52H41N/c1-35-20-30-41(31-21-35)53(42-32-28-37(29-33-42)23-22-36-24-26-39(27-25-36)34-38-10-3-2-4-11-38)52-46-15-6-5-14-45(46)50-47-18-8-13-40-12-7-16-43(49(40)47)44-17-9-19-48(52)51(44)50/h5-9,12-34H,2-4,10-11H2,1H3/b23-22+. The van der Waals surface area contributed by atoms with Crippen molar-refractivity contribution >= 4 is 89.2 Å². The zero-order valence-corrected chi connectivity index (χ0v) is 30.1. The molecule has 1 aliphatic carbocycles. The van der Waals surface area contributed by atoms with Gasteiger partial charge >= 0.3 is 0 Å². The van der Waals surface area contributed by atoms with Gasteiger partial charge in [0, 0.05) is 27.5 Å². The van der Waals surface area contributed by atoms with Crippen LogP contribution in [-0.4, -0.2) is 0 Å². The fourth-order valence-electron chi connectivity index (χ4n) is 8.84. The van der Waals surface area contributed by atoms with Crippen LogP contribution in [0.2, 0.25) is 0 Å². The molecule has 0 saturated heterocycles. The first kappa shape index (κ1) is 31.5. The Morgan fingerprint density at radius 2 is 0.906 bits per heavy atom. The Bertz CT molecular complexity index is 2820. The van der Waals surface area contributed by atoms with E-state index in [4.69, 9.17) is 0 Å². The number of allylic oxidation sites excluding steroid dienone is 1. The molecule has 0 amide bonds. The summed E-state index contributed by atoms with van der Waals surface area (Å²) >= 11 is 0. The van der Waals surface area contributed by atoms with Crippen molar-refractivity contribution in [1.29, 1.82) is 0 Å². The summed E-state index contributed by atoms with van der Waals surface area (Å²) in [4.78, 5) is 2.47. The van der Waals surface area contributed by atoms with E-state index in [2.05, 4.69) is 182 Å². The van der Waals surface area contributed by atoms with Gasteiger partial charge in [-0.25, -0.2) is 0 Å². The maximum atomic E-state index is 2.47. The van der Waals surface area contributed by atoms with E-state index in [0.717, 1.165) is 11.4 Å². The third-order valence-electron chi connectivity index (χ3n) is 11.4. The quantitative estimate of drug-likeness (QED) is 0.0960. The lowest BCUT2D eigenvalue weighted by molar-refractivity contribution is 0.602. The summed E-state index contributed by atoms with van der Waals surface area (Å²) in [5, 5.41) is 13.0. The molecule has 10 rings (SSSR count). The molecule has 53 heavy (non-hydrogen) atoms. The maximum absolute atomic E-state index is 2.47. The zero-order chi connectivity index (χ0) is 35.3. The maximum Gasteiger partial charge on any atom is 0.0619 e. The van der Waals surface area contributed by atoms with Gasteiger partial charge in [-0.05, 0) is 111 Å². The van der Waals surface area contributed by atoms with Crippen molar-refractivity contribution in [3.8, 4) is 0 Å². The molecule has 1 fully saturated rings. The van der Waals surface area contributed by atoms with E-state index in [1.807, 2.05) is 0 Å². The number of nitrogens with zero attached hydrogens (tertiary/aromatic N) is 1. The molecule has 0 aromatic heterocycles. The van der Waals surface area contributed by atoms with Crippen LogP contribution in [0.4, 0.5) is 17.1 Å². The minimum atomic E-state index is 1.13. The molecule has 0 heterocycles. The highest BCUT2D eigenvalue weighted by atomic mass is 15.1. The van der Waals surface area contributed by atoms with Crippen molar-refractivity contribution in [3.63, 3.8) is 0 Å². The third kappa shape index (κ3) is 5.56. The number of fused-ring (bicyclic) bond motifs is 4. The van der Waals surface area contributed by atoms with E-state index in [9.17, 15) is 0 Å². The first-order chi connectivity index (χ1) is 26.2. The molecule has 254 valence electrons. The molecule has 0 unspecified atom stereocenters. The van der Waals surface area contributed by atoms with Crippen molar-refractivity contribution in [1.82, 2.24) is 0 Å². The van der Waals surface area contributed by atoms with Crippen LogP contribution >= 0.6 is 0 Å². The Kier molecular flexibility index (Phi) is 7.80. The van der Waals surface area contributed by atoms with Crippen molar-refractivity contribution in [3.05, 3.63) is 179 Å². The predicted octanol–water partition coefficient (Wildman–Crippen LogP) is 15.2. The summed E-state index contributed by atoms with van der Waals surface area (Å²) in [7, 11) is 0. The highest BCUT2D eigenvalue weighted by molar-refractivity contribution is 6.40. The lowest BCUT2D eigenvalue weighted by Gasteiger charge is -2.30. The van der Waals surface area contributed by atoms with Crippen molar-refractivity contribution in [2.24, 2.45) is 0 Å². The summed E-state index contributed by atoms with van der Waals surface area (Å²) < 4.78 is 0. The first-order valence-corrected chi connectivity index (χ1v) is 19.1. The normalized spacial score (nSPS) is 13.6. The third-order valence-corrected chi connectivity index (χ3v) is 11.4. The number of rotatable bonds is 6. The second-order valence-electron chi connectivity index (χ2n) is 14.8. The van der Waals surface area contributed by atoms with Crippen molar-refractivity contribution < 1.29 is 0 Å². The van der Waals surface area contributed by atoms with E-state index in [1.54, 1.807) is 5.57 Å². The predicted molar refractivity (Wildman–Crippen MR) is 231 cm³/mol. The van der Waals surface area contributed by atoms with E-state index >= 15 is 0 Å². The molecule has 0 N–H and O–H groups in total. The molecule has 1 saturated carbocycles. The number of anilines is 3. The molecule has 0 atom stereocenters. The number of hydrogen-bond donors (Lipinski definition) is 0. The van der Waals surface area contributed by atoms with Crippen LogP contribution in [-0.2, 0) is 0 Å². The monoisotopic (exact) mass is 679 g/mol. The summed E-state index contributed by atoms with van der Waals surface area (Å²) in [6.45, 7) is 2.16. The van der Waals surface area contributed by atoms with E-state index in [0.29, 0.717) is 0 Å². The molecule has 0 radical (unpaired) electrons. The fraction of sp³-hybridized carbons (Fsp3) is 0.115. The van der Waals surface area contributed by atoms with Gasteiger partial charge in [-0.2, -0.15) is 0 Å². The average molecular weight is 680 g/mol. The van der Waals surface area contributed by atoms with Gasteiger partial charge in [-0.3, -0.25) is 0 Å². The molecule has 1 heteroatoms. The van der Waals surface area contributed by atoms with Gasteiger partial charge in [0.1, 0.15) is 0 Å². The van der Waals surface area contributed by atoms with Crippen molar-refractivity contribution in [2.75, 3.05) is 4.90 Å². The smallest absolute Gasteiger partial charge is 0.0619 e. The van der Waals surface area contributed by atoms with Gasteiger partial charge in [0.15, 0.2) is 0 Å². The molecule has 0 bridgehead atoms. The van der Waals surface area contributed by atoms with Gasteiger partial charge in [-0.15, -0.1) is 0 Å². The minimum absolute atomic E-state index is 1.13. The second kappa shape index (κ2) is 13.1. The SMILES string of the molecule is Cc1ccc(N(c2ccc(/C=C/c3ccc(C=C4CCCCC4)cc3)cc2)c2c3ccccc3c3c4cccc5cccc(c6cccc2c63)c54)cc1. The molecular formula is C52H41N. The first-order valence-electron chi connectivity index (χ1n) is 19.1. The highest BCUT2D eigenvalue weighted by Gasteiger charge is 2.23. The molecular weight excluding hydrogens is 639 g/mol. The fourth-order valence-corrected chi connectivity index (χ4v) is 8.84. The molecule has 1 nitrogen and oxygen atoms in total. The van der Waals surface area contributed by atoms with Gasteiger partial charge < -0.3 is 4.90 Å². The lowest BCUT2D eigenvalue weighted by atomic mass is 9.86. The Hall–Kier alpha value is -6.18. The minimum Gasteiger partial charge on any atom is -0.309 e. The Morgan fingerprint density at radius 1 is 0.415 bits per heavy atom. The zero-order valence-electron chi connectivity index (χ0n) is 30.1. The van der Waals surface area contributed by atoms with E-state index in [1.165, 1.54) is 114 Å². The Morgan fingerprint density at radius 3 is 1.60 bits per heavy atom.